The van der Waals surface area contributed by atoms with Gasteiger partial charge in [0.25, 0.3) is 23.6 Å². The number of amides is 4. The Labute approximate surface area is 644 Å². The normalized spacial score (nSPS) is 13.3. The minimum atomic E-state index is -4.80. The molecule has 10 rings (SSSR count). The van der Waals surface area contributed by atoms with Crippen LogP contribution in [0.2, 0.25) is 26.2 Å². The largest absolute Gasteiger partial charge is 0.573 e. The molecule has 0 bridgehead atoms. The average Bonchev–Trinajstić information content (AvgIpc) is 1.31. The van der Waals surface area contributed by atoms with Crippen LogP contribution in [-0.4, -0.2) is 175 Å². The molecule has 1 saturated heterocycles. The molecule has 0 aliphatic carbocycles. The highest BCUT2D eigenvalue weighted by molar-refractivity contribution is 6.96. The van der Waals surface area contributed by atoms with Gasteiger partial charge in [-0.2, -0.15) is 13.2 Å². The number of alkyl halides is 6. The topological polar surface area (TPSA) is 233 Å². The molecular weight excluding hydrogens is 1470 g/mol. The smallest absolute Gasteiger partial charge is 0.493 e. The van der Waals surface area contributed by atoms with Crippen molar-refractivity contribution in [3.63, 3.8) is 0 Å². The van der Waals surface area contributed by atoms with Crippen molar-refractivity contribution in [2.75, 3.05) is 110 Å². The molecular formula is C82H93F6N11O10Si2. The standard InChI is InChI=1S/C82H93F6N11O10Si2/c1-56-14-15-62(78(103)96-65-22-16-63(71(46-65)81(83,84)85)50-98-38-36-97(6)37-39-98)44-59(56)17-25-66-49-91-74-47-68(32-35-99(66)74)107-54-80(4,5)53-106-52-79(2,3)51-92-76(101)58-20-30-70(31-21-58)111(9,10)109-110(7,8)69-28-18-57(19-29-69)75(100)89-33-40-104-42-43-105-41-34-90-77(102)61-13-11-12-60(45-61)72-48-73(94-55-93-72)95-64-23-26-67(27-24-64)108-82(86,87)88/h11-16,18-24,26-32,35,44-49,55H,33-34,36-43,50-54H2,1-10H3,(H,89,100)(H,90,102)(H,92,101)(H,96,103)(H,93,94,95). The first kappa shape index (κ1) is 83.2. The van der Waals surface area contributed by atoms with Crippen LogP contribution in [0.15, 0.2) is 170 Å². The molecule has 9 aromatic rings. The van der Waals surface area contributed by atoms with Crippen molar-refractivity contribution in [2.24, 2.45) is 10.8 Å². The molecule has 111 heavy (non-hydrogen) atoms. The number of hydrogen-bond acceptors (Lipinski definition) is 16. The van der Waals surface area contributed by atoms with Crippen LogP contribution in [0.5, 0.6) is 11.5 Å². The van der Waals surface area contributed by atoms with E-state index in [9.17, 15) is 45.5 Å². The van der Waals surface area contributed by atoms with Crippen molar-refractivity contribution in [3.05, 3.63) is 221 Å². The van der Waals surface area contributed by atoms with Gasteiger partial charge < -0.3 is 59.3 Å². The minimum Gasteiger partial charge on any atom is -0.493 e. The van der Waals surface area contributed by atoms with Crippen LogP contribution in [0.25, 0.3) is 16.9 Å². The van der Waals surface area contributed by atoms with Gasteiger partial charge in [0, 0.05) is 126 Å². The second-order valence-electron chi connectivity index (χ2n) is 29.8. The number of benzene rings is 6. The summed E-state index contributed by atoms with van der Waals surface area (Å²) in [7, 11) is -3.00. The van der Waals surface area contributed by atoms with Gasteiger partial charge in [0.05, 0.1) is 63.7 Å². The van der Waals surface area contributed by atoms with Gasteiger partial charge in [0.15, 0.2) is 0 Å². The number of carbonyl (C=O) groups is 4. The molecule has 0 unspecified atom stereocenters. The molecule has 29 heteroatoms. The molecule has 1 aliphatic heterocycles. The van der Waals surface area contributed by atoms with Crippen LogP contribution in [0.4, 0.5) is 43.5 Å². The summed E-state index contributed by atoms with van der Waals surface area (Å²) < 4.78 is 117. The number of aryl methyl sites for hydroxylation is 1. The summed E-state index contributed by atoms with van der Waals surface area (Å²) in [6, 6.07) is 41.4. The van der Waals surface area contributed by atoms with Crippen LogP contribution >= 0.6 is 0 Å². The quantitative estimate of drug-likeness (QED) is 0.0111. The maximum atomic E-state index is 14.3. The Morgan fingerprint density at radius 3 is 1.81 bits per heavy atom. The van der Waals surface area contributed by atoms with Crippen molar-refractivity contribution < 1.29 is 73.3 Å². The number of aromatic nitrogens is 4. The summed E-state index contributed by atoms with van der Waals surface area (Å²) in [5, 5.41) is 16.6. The number of imidazole rings is 1. The number of carbonyl (C=O) groups excluding carboxylic acids is 4. The molecule has 4 amide bonds. The fourth-order valence-corrected chi connectivity index (χ4v) is 20.2. The zero-order valence-corrected chi connectivity index (χ0v) is 65.8. The Hall–Kier alpha value is -10.3. The second kappa shape index (κ2) is 36.7. The van der Waals surface area contributed by atoms with E-state index in [-0.39, 0.29) is 91.8 Å². The number of rotatable bonds is 33. The predicted octanol–water partition coefficient (Wildman–Crippen LogP) is 12.8. The number of hydrogen-bond donors (Lipinski definition) is 5. The van der Waals surface area contributed by atoms with Crippen LogP contribution in [0, 0.1) is 29.6 Å². The maximum absolute atomic E-state index is 14.3. The lowest BCUT2D eigenvalue weighted by atomic mass is 9.93. The SMILES string of the molecule is Cc1ccc(C(=O)Nc2ccc(CN3CCN(C)CC3)c(C(F)(F)F)c2)cc1C#Cc1cnc2cc(OCC(C)(C)COCC(C)(C)CNC(=O)c3ccc([Si](C)(C)O[Si](C)(C)c4ccc(C(=O)NCCOCCOCCNC(=O)c5cccc(-c6cc(Nc7ccc(OC(F)(F)F)cc7)ncn6)c5)cc4)cc3)ccn12. The van der Waals surface area contributed by atoms with Gasteiger partial charge in [0.2, 0.25) is 16.6 Å². The monoisotopic (exact) mass is 1560 g/mol. The van der Waals surface area contributed by atoms with Crippen LogP contribution in [0.3, 0.4) is 0 Å². The van der Waals surface area contributed by atoms with E-state index in [4.69, 9.17) is 23.1 Å². The van der Waals surface area contributed by atoms with Gasteiger partial charge in [-0.15, -0.1) is 13.2 Å². The molecule has 1 fully saturated rings. The third kappa shape index (κ3) is 24.6. The Balaban J connectivity index is 0.589. The van der Waals surface area contributed by atoms with Gasteiger partial charge in [-0.25, -0.2) is 15.0 Å². The summed E-state index contributed by atoms with van der Waals surface area (Å²) in [6.45, 7) is 24.7. The average molecular weight is 1560 g/mol. The third-order valence-electron chi connectivity index (χ3n) is 18.4. The molecule has 1 aliphatic rings. The number of pyridine rings is 1. The predicted molar refractivity (Wildman–Crippen MR) is 419 cm³/mol. The lowest BCUT2D eigenvalue weighted by molar-refractivity contribution is -0.274. The van der Waals surface area contributed by atoms with Crippen molar-refractivity contribution in [3.8, 4) is 34.6 Å². The second-order valence-corrected chi connectivity index (χ2v) is 37.8. The van der Waals surface area contributed by atoms with E-state index in [0.717, 1.165) is 35.1 Å². The highest BCUT2D eigenvalue weighted by Gasteiger charge is 2.38. The molecule has 0 spiro atoms. The number of anilines is 3. The Bertz CT molecular complexity index is 4770. The van der Waals surface area contributed by atoms with Gasteiger partial charge >= 0.3 is 12.5 Å². The van der Waals surface area contributed by atoms with Gasteiger partial charge in [-0.1, -0.05) is 82.1 Å². The number of nitrogens with one attached hydrogen (secondary N) is 5. The van der Waals surface area contributed by atoms with E-state index in [2.05, 4.69) is 103 Å². The van der Waals surface area contributed by atoms with E-state index in [1.807, 2.05) is 91.8 Å². The van der Waals surface area contributed by atoms with E-state index in [0.29, 0.717) is 102 Å². The summed E-state index contributed by atoms with van der Waals surface area (Å²) in [4.78, 5) is 70.3. The maximum Gasteiger partial charge on any atom is 0.573 e. The molecule has 586 valence electrons. The summed E-state index contributed by atoms with van der Waals surface area (Å²) in [5.74, 6) is 5.64. The van der Waals surface area contributed by atoms with E-state index in [1.54, 1.807) is 66.9 Å². The lowest BCUT2D eigenvalue weighted by Crippen LogP contribution is -2.57. The van der Waals surface area contributed by atoms with Crippen LogP contribution < -0.4 is 46.4 Å². The van der Waals surface area contributed by atoms with E-state index in [1.165, 1.54) is 42.7 Å². The van der Waals surface area contributed by atoms with E-state index >= 15 is 0 Å². The molecule has 0 saturated carbocycles. The first-order valence-corrected chi connectivity index (χ1v) is 42.1. The Morgan fingerprint density at radius 1 is 0.568 bits per heavy atom. The van der Waals surface area contributed by atoms with Crippen molar-refractivity contribution >= 4 is 73.5 Å². The first-order chi connectivity index (χ1) is 52.6. The van der Waals surface area contributed by atoms with Crippen molar-refractivity contribution in [1.29, 1.82) is 0 Å². The molecule has 6 aromatic carbocycles. The number of nitrogens with zero attached hydrogens (tertiary/aromatic N) is 6. The molecule has 0 atom stereocenters. The Kier molecular flexibility index (Phi) is 27.5. The highest BCUT2D eigenvalue weighted by Crippen LogP contribution is 2.36. The van der Waals surface area contributed by atoms with Crippen molar-refractivity contribution in [2.45, 2.75) is 79.9 Å². The molecule has 0 radical (unpaired) electrons. The van der Waals surface area contributed by atoms with E-state index < -0.39 is 46.1 Å². The molecule has 4 heterocycles. The van der Waals surface area contributed by atoms with Crippen LogP contribution in [0.1, 0.15) is 97.1 Å². The third-order valence-corrected chi connectivity index (χ3v) is 25.9. The Morgan fingerprint density at radius 2 is 1.17 bits per heavy atom. The minimum absolute atomic E-state index is 0.0460. The van der Waals surface area contributed by atoms with Gasteiger partial charge in [-0.05, 0) is 159 Å². The van der Waals surface area contributed by atoms with Gasteiger partial charge in [0.1, 0.15) is 35.0 Å². The van der Waals surface area contributed by atoms with Crippen LogP contribution in [-0.2, 0) is 31.0 Å². The summed E-state index contributed by atoms with van der Waals surface area (Å²) >= 11 is 0. The number of fused-ring (bicyclic) bond motifs is 1. The molecule has 3 aromatic heterocycles. The number of ether oxygens (including phenoxy) is 5. The number of halogens is 6. The molecule has 21 nitrogen and oxygen atoms in total. The fourth-order valence-electron chi connectivity index (χ4n) is 12.2. The highest BCUT2D eigenvalue weighted by atomic mass is 28.4. The fraction of sp³-hybridized carbons (Fsp3) is 0.354. The summed E-state index contributed by atoms with van der Waals surface area (Å²) in [6.07, 6.45) is -4.60. The first-order valence-electron chi connectivity index (χ1n) is 36.3. The summed E-state index contributed by atoms with van der Waals surface area (Å²) in [5.41, 5.74) is 4.55. The number of piperazine rings is 1. The van der Waals surface area contributed by atoms with Crippen molar-refractivity contribution in [1.82, 2.24) is 45.1 Å². The zero-order valence-electron chi connectivity index (χ0n) is 63.8. The lowest BCUT2D eigenvalue weighted by Gasteiger charge is -2.34. The molecule has 5 N–H and O–H groups in total. The van der Waals surface area contributed by atoms with Gasteiger partial charge in [-0.3, -0.25) is 28.5 Å². The number of likely N-dealkylation sites (N-methyl/N-ethyl adjacent to an activating group) is 1. The zero-order chi connectivity index (χ0) is 79.7.